The average molecular weight is 275 g/mol. The lowest BCUT2D eigenvalue weighted by molar-refractivity contribution is -0.137. The summed E-state index contributed by atoms with van der Waals surface area (Å²) in [6, 6.07) is 5.22. The minimum Gasteiger partial charge on any atom is -0.481 e. The molecule has 0 amide bonds. The lowest BCUT2D eigenvalue weighted by Crippen LogP contribution is -2.17. The highest BCUT2D eigenvalue weighted by Crippen LogP contribution is 2.27. The molecule has 0 spiro atoms. The van der Waals surface area contributed by atoms with Crippen LogP contribution < -0.4 is 5.73 Å². The molecule has 20 heavy (non-hydrogen) atoms. The number of aliphatic carboxylic acids is 1. The Morgan fingerprint density at radius 1 is 1.45 bits per heavy atom. The molecule has 108 valence electrons. The zero-order chi connectivity index (χ0) is 15.1. The van der Waals surface area contributed by atoms with Crippen molar-refractivity contribution in [2.75, 3.05) is 0 Å². The first-order valence-corrected chi connectivity index (χ1v) is 6.64. The Balaban J connectivity index is 2.48. The van der Waals surface area contributed by atoms with Crippen LogP contribution in [0.2, 0.25) is 0 Å². The number of fused-ring (bicyclic) bond motifs is 1. The van der Waals surface area contributed by atoms with Crippen molar-refractivity contribution < 1.29 is 9.90 Å². The van der Waals surface area contributed by atoms with Crippen LogP contribution in [0.15, 0.2) is 18.2 Å². The van der Waals surface area contributed by atoms with Gasteiger partial charge in [-0.2, -0.15) is 0 Å². The number of hydrogen-bond acceptors (Lipinski definition) is 3. The fourth-order valence-corrected chi connectivity index (χ4v) is 2.42. The Labute approximate surface area is 118 Å². The zero-order valence-electron chi connectivity index (χ0n) is 12.3. The third-order valence-corrected chi connectivity index (χ3v) is 3.40. The lowest BCUT2D eigenvalue weighted by Gasteiger charge is -2.17. The Morgan fingerprint density at radius 2 is 2.10 bits per heavy atom. The number of carbonyl (C=O) groups is 1. The van der Waals surface area contributed by atoms with E-state index in [9.17, 15) is 4.79 Å². The van der Waals surface area contributed by atoms with Gasteiger partial charge in [-0.3, -0.25) is 4.79 Å². The maximum absolute atomic E-state index is 10.7. The van der Waals surface area contributed by atoms with Gasteiger partial charge in [-0.05, 0) is 17.7 Å². The molecular formula is C15H21N3O2. The topological polar surface area (TPSA) is 81.1 Å². The molecule has 2 rings (SSSR count). The van der Waals surface area contributed by atoms with Crippen LogP contribution in [-0.2, 0) is 17.3 Å². The highest BCUT2D eigenvalue weighted by atomic mass is 16.4. The minimum absolute atomic E-state index is 0.0445. The second-order valence-electron chi connectivity index (χ2n) is 6.20. The fourth-order valence-electron chi connectivity index (χ4n) is 2.42. The first-order valence-electron chi connectivity index (χ1n) is 6.64. The number of imidazole rings is 1. The second kappa shape index (κ2) is 4.90. The minimum atomic E-state index is -0.894. The molecule has 0 saturated carbocycles. The molecule has 1 aromatic carbocycles. The van der Waals surface area contributed by atoms with Crippen molar-refractivity contribution in [1.82, 2.24) is 9.55 Å². The molecule has 2 aromatic rings. The van der Waals surface area contributed by atoms with E-state index in [0.29, 0.717) is 0 Å². The Bertz CT molecular complexity index is 653. The third kappa shape index (κ3) is 2.67. The number of aryl methyl sites for hydroxylation is 1. The summed E-state index contributed by atoms with van der Waals surface area (Å²) in [5.41, 5.74) is 8.55. The maximum Gasteiger partial charge on any atom is 0.305 e. The predicted octanol–water partition coefficient (Wildman–Crippen LogP) is 2.35. The summed E-state index contributed by atoms with van der Waals surface area (Å²) in [7, 11) is 1.99. The monoisotopic (exact) mass is 275 g/mol. The summed E-state index contributed by atoms with van der Waals surface area (Å²) in [5, 5.41) is 8.81. The van der Waals surface area contributed by atoms with Crippen molar-refractivity contribution >= 4 is 17.0 Å². The van der Waals surface area contributed by atoms with Crippen molar-refractivity contribution in [3.8, 4) is 0 Å². The highest BCUT2D eigenvalue weighted by Gasteiger charge is 2.21. The molecule has 0 bridgehead atoms. The summed E-state index contributed by atoms with van der Waals surface area (Å²) in [6.07, 6.45) is -0.0789. The molecule has 0 aliphatic heterocycles. The summed E-state index contributed by atoms with van der Waals surface area (Å²) >= 11 is 0. The van der Waals surface area contributed by atoms with Crippen LogP contribution in [0.5, 0.6) is 0 Å². The zero-order valence-corrected chi connectivity index (χ0v) is 12.3. The molecule has 0 aliphatic carbocycles. The van der Waals surface area contributed by atoms with Crippen LogP contribution in [0.3, 0.4) is 0 Å². The normalized spacial score (nSPS) is 13.7. The molecule has 0 saturated heterocycles. The number of carboxylic acids is 1. The fraction of sp³-hybridized carbons (Fsp3) is 0.467. The van der Waals surface area contributed by atoms with Gasteiger partial charge in [0.1, 0.15) is 5.82 Å². The molecular weight excluding hydrogens is 254 g/mol. The molecule has 5 nitrogen and oxygen atoms in total. The number of benzene rings is 1. The highest BCUT2D eigenvalue weighted by molar-refractivity contribution is 5.77. The average Bonchev–Trinajstić information content (AvgIpc) is 2.65. The van der Waals surface area contributed by atoms with Crippen LogP contribution >= 0.6 is 0 Å². The van der Waals surface area contributed by atoms with Crippen molar-refractivity contribution in [2.24, 2.45) is 12.8 Å². The predicted molar refractivity (Wildman–Crippen MR) is 78.6 cm³/mol. The maximum atomic E-state index is 10.7. The first-order chi connectivity index (χ1) is 9.20. The summed E-state index contributed by atoms with van der Waals surface area (Å²) in [4.78, 5) is 15.4. The van der Waals surface area contributed by atoms with Crippen LogP contribution in [0.4, 0.5) is 0 Å². The molecule has 1 heterocycles. The Hall–Kier alpha value is -1.88. The van der Waals surface area contributed by atoms with Crippen molar-refractivity contribution in [3.63, 3.8) is 0 Å². The van der Waals surface area contributed by atoms with E-state index in [1.54, 1.807) is 0 Å². The molecule has 0 aliphatic rings. The molecule has 1 aromatic heterocycles. The Kier molecular flexibility index (Phi) is 3.56. The summed E-state index contributed by atoms with van der Waals surface area (Å²) in [5.74, 6) is 0.102. The SMILES string of the molecule is Cn1c(C(C)(C)C)nc2cc(C(N)CC(=O)O)ccc21. The smallest absolute Gasteiger partial charge is 0.305 e. The summed E-state index contributed by atoms with van der Waals surface area (Å²) in [6.45, 7) is 6.35. The van der Waals surface area contributed by atoms with Gasteiger partial charge in [-0.25, -0.2) is 4.98 Å². The number of nitrogens with two attached hydrogens (primary N) is 1. The number of rotatable bonds is 3. The molecule has 0 radical (unpaired) electrons. The van der Waals surface area contributed by atoms with Crippen molar-refractivity contribution in [1.29, 1.82) is 0 Å². The van der Waals surface area contributed by atoms with E-state index in [2.05, 4.69) is 30.3 Å². The quantitative estimate of drug-likeness (QED) is 0.901. The van der Waals surface area contributed by atoms with Gasteiger partial charge in [0.15, 0.2) is 0 Å². The van der Waals surface area contributed by atoms with Gasteiger partial charge in [0.05, 0.1) is 17.5 Å². The van der Waals surface area contributed by atoms with Gasteiger partial charge in [0.25, 0.3) is 0 Å². The van der Waals surface area contributed by atoms with Crippen LogP contribution in [0, 0.1) is 0 Å². The lowest BCUT2D eigenvalue weighted by atomic mass is 9.96. The van der Waals surface area contributed by atoms with Crippen LogP contribution in [0.25, 0.3) is 11.0 Å². The van der Waals surface area contributed by atoms with Gasteiger partial charge in [0.2, 0.25) is 0 Å². The van der Waals surface area contributed by atoms with E-state index in [1.807, 2.05) is 25.2 Å². The van der Waals surface area contributed by atoms with E-state index in [1.165, 1.54) is 0 Å². The van der Waals surface area contributed by atoms with E-state index < -0.39 is 12.0 Å². The van der Waals surface area contributed by atoms with Gasteiger partial charge in [0, 0.05) is 18.5 Å². The van der Waals surface area contributed by atoms with Crippen molar-refractivity contribution in [3.05, 3.63) is 29.6 Å². The third-order valence-electron chi connectivity index (χ3n) is 3.40. The summed E-state index contributed by atoms with van der Waals surface area (Å²) < 4.78 is 2.07. The van der Waals surface area contributed by atoms with Gasteiger partial charge < -0.3 is 15.4 Å². The van der Waals surface area contributed by atoms with E-state index in [0.717, 1.165) is 22.4 Å². The van der Waals surface area contributed by atoms with Crippen molar-refractivity contribution in [2.45, 2.75) is 38.6 Å². The molecule has 5 heteroatoms. The second-order valence-corrected chi connectivity index (χ2v) is 6.20. The largest absolute Gasteiger partial charge is 0.481 e. The van der Waals surface area contributed by atoms with Gasteiger partial charge >= 0.3 is 5.97 Å². The number of aromatic nitrogens is 2. The number of nitrogens with zero attached hydrogens (tertiary/aromatic N) is 2. The van der Waals surface area contributed by atoms with Crippen LogP contribution in [0.1, 0.15) is 44.6 Å². The van der Waals surface area contributed by atoms with E-state index in [-0.39, 0.29) is 11.8 Å². The molecule has 3 N–H and O–H groups in total. The standard InChI is InChI=1S/C15H21N3O2/c1-15(2,3)14-17-11-7-9(10(16)8-13(19)20)5-6-12(11)18(14)4/h5-7,10H,8,16H2,1-4H3,(H,19,20). The van der Waals surface area contributed by atoms with Gasteiger partial charge in [-0.1, -0.05) is 26.8 Å². The van der Waals surface area contributed by atoms with E-state index >= 15 is 0 Å². The van der Waals surface area contributed by atoms with Crippen LogP contribution in [-0.4, -0.2) is 20.6 Å². The number of hydrogen-bond donors (Lipinski definition) is 2. The molecule has 1 atom stereocenters. The first kappa shape index (κ1) is 14.5. The molecule has 1 unspecified atom stereocenters. The van der Waals surface area contributed by atoms with E-state index in [4.69, 9.17) is 10.8 Å². The number of carboxylic acid groups (broad SMARTS) is 1. The Morgan fingerprint density at radius 3 is 2.65 bits per heavy atom. The van der Waals surface area contributed by atoms with Gasteiger partial charge in [-0.15, -0.1) is 0 Å². The molecule has 0 fully saturated rings.